The van der Waals surface area contributed by atoms with Crippen LogP contribution >= 0.6 is 0 Å². The van der Waals surface area contributed by atoms with Crippen LogP contribution in [0.5, 0.6) is 5.75 Å². The van der Waals surface area contributed by atoms with E-state index >= 15 is 0 Å². The molecule has 0 aliphatic carbocycles. The van der Waals surface area contributed by atoms with E-state index in [1.807, 2.05) is 36.4 Å². The molecule has 40 heavy (non-hydrogen) atoms. The zero-order valence-corrected chi connectivity index (χ0v) is 23.1. The van der Waals surface area contributed by atoms with Crippen LogP contribution in [-0.4, -0.2) is 53.8 Å². The van der Waals surface area contributed by atoms with Gasteiger partial charge in [-0.15, -0.1) is 0 Å². The molecule has 0 aliphatic heterocycles. The molecule has 0 aromatic heterocycles. The standard InChI is InChI=1S/C31H37N2O7/c1-3-39-30(34)10-6-7-20-32(22-24-11-15-27(16-12-24)31(35)38-2)21-19-26-8-4-5-9-29(26)40-23-25-13-17-28(18-14-25)33(36)37/h4-5,8-9,11-18H,3,6-7,10,19-23H2,1-2H3,(H,36,37)/q+1. The van der Waals surface area contributed by atoms with Gasteiger partial charge in [-0.3, -0.25) is 9.69 Å². The minimum atomic E-state index is -0.365. The Kier molecular flexibility index (Phi) is 12.1. The van der Waals surface area contributed by atoms with Gasteiger partial charge < -0.3 is 14.2 Å². The molecule has 0 amide bonds. The average Bonchev–Trinajstić information content (AvgIpc) is 2.97. The van der Waals surface area contributed by atoms with Gasteiger partial charge in [-0.2, -0.15) is 0 Å². The Balaban J connectivity index is 1.63. The molecule has 1 N–H and O–H groups in total. The van der Waals surface area contributed by atoms with E-state index in [2.05, 4.69) is 4.90 Å². The Morgan fingerprint density at radius 1 is 0.900 bits per heavy atom. The number of carbonyl (C=O) groups is 2. The molecule has 0 fully saturated rings. The summed E-state index contributed by atoms with van der Waals surface area (Å²) in [5.41, 5.74) is 3.68. The van der Waals surface area contributed by atoms with Crippen molar-refractivity contribution in [2.75, 3.05) is 26.8 Å². The average molecular weight is 550 g/mol. The van der Waals surface area contributed by atoms with E-state index < -0.39 is 0 Å². The van der Waals surface area contributed by atoms with Crippen LogP contribution in [0.3, 0.4) is 0 Å². The van der Waals surface area contributed by atoms with E-state index in [-0.39, 0.29) is 22.5 Å². The number of hydrogen-bond donors (Lipinski definition) is 1. The van der Waals surface area contributed by atoms with Crippen LogP contribution in [0.2, 0.25) is 0 Å². The van der Waals surface area contributed by atoms with Crippen LogP contribution in [-0.2, 0) is 33.8 Å². The molecule has 0 aliphatic rings. The van der Waals surface area contributed by atoms with E-state index in [1.54, 1.807) is 31.2 Å². The third-order valence-electron chi connectivity index (χ3n) is 6.41. The second kappa shape index (κ2) is 16.0. The normalized spacial score (nSPS) is 10.8. The number of carbonyl (C=O) groups excluding carboxylic acids is 2. The zero-order valence-electron chi connectivity index (χ0n) is 23.1. The third-order valence-corrected chi connectivity index (χ3v) is 6.41. The van der Waals surface area contributed by atoms with Gasteiger partial charge in [-0.05, 0) is 79.8 Å². The van der Waals surface area contributed by atoms with Crippen molar-refractivity contribution in [3.8, 4) is 5.75 Å². The van der Waals surface area contributed by atoms with Gasteiger partial charge in [0.25, 0.3) is 4.92 Å². The lowest BCUT2D eigenvalue weighted by Crippen LogP contribution is -2.27. The summed E-state index contributed by atoms with van der Waals surface area (Å²) in [6.45, 7) is 4.78. The topological polar surface area (TPSA) is 105 Å². The predicted molar refractivity (Wildman–Crippen MR) is 150 cm³/mol. The molecule has 0 radical (unpaired) electrons. The highest BCUT2D eigenvalue weighted by Gasteiger charge is 2.13. The molecular weight excluding hydrogens is 512 g/mol. The number of ether oxygens (including phenoxy) is 3. The Hall–Kier alpha value is -4.24. The molecule has 0 saturated carbocycles. The van der Waals surface area contributed by atoms with Gasteiger partial charge in [-0.25, -0.2) is 10.0 Å². The van der Waals surface area contributed by atoms with E-state index in [0.717, 1.165) is 54.8 Å². The molecule has 0 unspecified atom stereocenters. The lowest BCUT2D eigenvalue weighted by molar-refractivity contribution is -0.729. The largest absolute Gasteiger partial charge is 0.489 e. The summed E-state index contributed by atoms with van der Waals surface area (Å²) >= 11 is 0. The Bertz CT molecular complexity index is 1240. The molecule has 3 rings (SSSR count). The summed E-state index contributed by atoms with van der Waals surface area (Å²) in [7, 11) is 1.37. The molecule has 0 saturated heterocycles. The zero-order chi connectivity index (χ0) is 28.7. The van der Waals surface area contributed by atoms with Gasteiger partial charge in [0.2, 0.25) is 0 Å². The minimum absolute atomic E-state index is 0.159. The van der Waals surface area contributed by atoms with Gasteiger partial charge in [-0.1, -0.05) is 30.3 Å². The maximum absolute atomic E-state index is 11.8. The van der Waals surface area contributed by atoms with Crippen LogP contribution in [0, 0.1) is 4.91 Å². The number of nitrogens with zero attached hydrogens (tertiary/aromatic N) is 2. The number of unbranched alkanes of at least 4 members (excludes halogenated alkanes) is 1. The maximum atomic E-state index is 11.8. The van der Waals surface area contributed by atoms with Crippen molar-refractivity contribution < 1.29 is 33.9 Å². The minimum Gasteiger partial charge on any atom is -0.489 e. The fraction of sp³-hybridized carbons (Fsp3) is 0.355. The van der Waals surface area contributed by atoms with E-state index in [0.29, 0.717) is 31.7 Å². The highest BCUT2D eigenvalue weighted by atomic mass is 16.6. The first kappa shape index (κ1) is 30.3. The van der Waals surface area contributed by atoms with E-state index in [4.69, 9.17) is 19.4 Å². The molecule has 3 aromatic rings. The second-order valence-corrected chi connectivity index (χ2v) is 9.31. The highest BCUT2D eigenvalue weighted by molar-refractivity contribution is 5.89. The molecule has 212 valence electrons. The lowest BCUT2D eigenvalue weighted by atomic mass is 10.1. The fourth-order valence-electron chi connectivity index (χ4n) is 4.24. The Labute approximate surface area is 234 Å². The molecule has 9 heteroatoms. The number of rotatable bonds is 16. The number of esters is 2. The molecular formula is C31H37N2O7+. The number of methoxy groups -OCH3 is 1. The van der Waals surface area contributed by atoms with Crippen LogP contribution in [0.15, 0.2) is 72.8 Å². The summed E-state index contributed by atoms with van der Waals surface area (Å²) in [6, 6.07) is 21.8. The first-order valence-electron chi connectivity index (χ1n) is 13.4. The van der Waals surface area contributed by atoms with Gasteiger partial charge in [0.15, 0.2) is 0 Å². The van der Waals surface area contributed by atoms with Crippen molar-refractivity contribution in [2.45, 2.75) is 45.8 Å². The van der Waals surface area contributed by atoms with E-state index in [1.165, 1.54) is 19.2 Å². The highest BCUT2D eigenvalue weighted by Crippen LogP contribution is 2.22. The molecule has 0 spiro atoms. The van der Waals surface area contributed by atoms with Crippen molar-refractivity contribution in [3.05, 3.63) is 100.0 Å². The van der Waals surface area contributed by atoms with Crippen molar-refractivity contribution in [3.63, 3.8) is 0 Å². The smallest absolute Gasteiger partial charge is 0.337 e. The quantitative estimate of drug-likeness (QED) is 0.139. The van der Waals surface area contributed by atoms with Crippen molar-refractivity contribution in [1.82, 2.24) is 4.90 Å². The lowest BCUT2D eigenvalue weighted by Gasteiger charge is -2.23. The number of hydrogen-bond acceptors (Lipinski definition) is 7. The van der Waals surface area contributed by atoms with Gasteiger partial charge in [0.05, 0.1) is 24.2 Å². The van der Waals surface area contributed by atoms with Crippen molar-refractivity contribution >= 4 is 17.6 Å². The summed E-state index contributed by atoms with van der Waals surface area (Å²) in [5.74, 6) is 0.245. The number of para-hydroxylation sites is 1. The van der Waals surface area contributed by atoms with Crippen LogP contribution in [0.4, 0.5) is 5.69 Å². The van der Waals surface area contributed by atoms with Crippen molar-refractivity contribution in [2.24, 2.45) is 0 Å². The summed E-state index contributed by atoms with van der Waals surface area (Å²) < 4.78 is 15.9. The first-order valence-corrected chi connectivity index (χ1v) is 13.4. The van der Waals surface area contributed by atoms with Crippen LogP contribution in [0.25, 0.3) is 0 Å². The van der Waals surface area contributed by atoms with E-state index in [9.17, 15) is 14.5 Å². The summed E-state index contributed by atoms with van der Waals surface area (Å²) in [6.07, 6.45) is 2.75. The monoisotopic (exact) mass is 549 g/mol. The Morgan fingerprint density at radius 2 is 1.60 bits per heavy atom. The van der Waals surface area contributed by atoms with Crippen molar-refractivity contribution in [1.29, 1.82) is 0 Å². The molecule has 9 nitrogen and oxygen atoms in total. The van der Waals surface area contributed by atoms with Gasteiger partial charge in [0, 0.05) is 31.6 Å². The summed E-state index contributed by atoms with van der Waals surface area (Å²) in [5, 5.41) is 9.02. The fourth-order valence-corrected chi connectivity index (χ4v) is 4.24. The predicted octanol–water partition coefficient (Wildman–Crippen LogP) is 5.63. The summed E-state index contributed by atoms with van der Waals surface area (Å²) in [4.78, 5) is 36.7. The van der Waals surface area contributed by atoms with Gasteiger partial charge in [0.1, 0.15) is 12.4 Å². The first-order chi connectivity index (χ1) is 19.4. The third kappa shape index (κ3) is 9.81. The Morgan fingerprint density at radius 3 is 2.27 bits per heavy atom. The number of benzene rings is 3. The van der Waals surface area contributed by atoms with Gasteiger partial charge >= 0.3 is 17.6 Å². The van der Waals surface area contributed by atoms with Crippen LogP contribution < -0.4 is 4.74 Å². The molecule has 0 atom stereocenters. The molecule has 3 aromatic carbocycles. The SMILES string of the molecule is CCOC(=O)CCCCN(CCc1ccccc1OCc1ccc([N+](=O)O)cc1)Cc1ccc(C(=O)OC)cc1. The second-order valence-electron chi connectivity index (χ2n) is 9.31. The molecule has 0 bridgehead atoms. The molecule has 0 heterocycles. The maximum Gasteiger partial charge on any atom is 0.337 e. The van der Waals surface area contributed by atoms with Crippen LogP contribution in [0.1, 0.15) is 53.2 Å².